The third-order valence-corrected chi connectivity index (χ3v) is 5.25. The number of halogens is 2. The predicted octanol–water partition coefficient (Wildman–Crippen LogP) is 4.03. The molecule has 30 heavy (non-hydrogen) atoms. The second-order valence-corrected chi connectivity index (χ2v) is 7.49. The van der Waals surface area contributed by atoms with Crippen LogP contribution in [0, 0.1) is 18.6 Å². The maximum atomic E-state index is 13.8. The number of anilines is 1. The van der Waals surface area contributed by atoms with Crippen molar-refractivity contribution in [2.45, 2.75) is 12.1 Å². The highest BCUT2D eigenvalue weighted by atomic mass is 32.2. The Morgan fingerprint density at radius 2 is 1.93 bits per heavy atom. The van der Waals surface area contributed by atoms with E-state index in [0.717, 1.165) is 29.6 Å². The van der Waals surface area contributed by atoms with Crippen LogP contribution in [0.15, 0.2) is 64.5 Å². The Morgan fingerprint density at radius 1 is 1.17 bits per heavy atom. The van der Waals surface area contributed by atoms with Gasteiger partial charge < -0.3 is 10.3 Å². The van der Waals surface area contributed by atoms with E-state index in [-0.39, 0.29) is 17.0 Å². The average molecular weight is 426 g/mol. The Kier molecular flexibility index (Phi) is 5.37. The molecule has 0 radical (unpaired) electrons. The summed E-state index contributed by atoms with van der Waals surface area (Å²) in [6.45, 7) is 1.82. The van der Waals surface area contributed by atoms with Crippen molar-refractivity contribution in [3.8, 4) is 5.69 Å². The Balaban J connectivity index is 1.64. The van der Waals surface area contributed by atoms with E-state index >= 15 is 0 Å². The quantitative estimate of drug-likeness (QED) is 0.373. The molecule has 2 aromatic carbocycles. The SMILES string of the molecule is Cc1cc2nc(SCC(=O)Nc3ccc(F)cc3F)n(-c3ccccc3)c(=O)c2[nH]1. The maximum absolute atomic E-state index is 13.8. The molecule has 6 nitrogen and oxygen atoms in total. The summed E-state index contributed by atoms with van der Waals surface area (Å²) in [5.41, 5.74) is 1.87. The van der Waals surface area contributed by atoms with Crippen molar-refractivity contribution in [2.24, 2.45) is 0 Å². The number of amides is 1. The first-order valence-electron chi connectivity index (χ1n) is 8.98. The normalized spacial score (nSPS) is 11.0. The molecule has 0 bridgehead atoms. The van der Waals surface area contributed by atoms with Gasteiger partial charge in [0.15, 0.2) is 5.16 Å². The summed E-state index contributed by atoms with van der Waals surface area (Å²) in [6.07, 6.45) is 0. The Labute approximate surface area is 174 Å². The minimum Gasteiger partial charge on any atom is -0.353 e. The summed E-state index contributed by atoms with van der Waals surface area (Å²) >= 11 is 1.05. The van der Waals surface area contributed by atoms with Crippen molar-refractivity contribution in [1.82, 2.24) is 14.5 Å². The fraction of sp³-hybridized carbons (Fsp3) is 0.0952. The second kappa shape index (κ2) is 8.11. The molecule has 2 aromatic heterocycles. The molecule has 0 fully saturated rings. The van der Waals surface area contributed by atoms with Crippen LogP contribution in [0.2, 0.25) is 0 Å². The van der Waals surface area contributed by atoms with E-state index in [4.69, 9.17) is 0 Å². The lowest BCUT2D eigenvalue weighted by molar-refractivity contribution is -0.113. The molecule has 2 heterocycles. The van der Waals surface area contributed by atoms with Crippen LogP contribution in [-0.4, -0.2) is 26.2 Å². The molecule has 9 heteroatoms. The number of hydrogen-bond donors (Lipinski definition) is 2. The fourth-order valence-electron chi connectivity index (χ4n) is 2.99. The van der Waals surface area contributed by atoms with E-state index in [9.17, 15) is 18.4 Å². The average Bonchev–Trinajstić information content (AvgIpc) is 3.10. The van der Waals surface area contributed by atoms with Crippen molar-refractivity contribution in [2.75, 3.05) is 11.1 Å². The van der Waals surface area contributed by atoms with Gasteiger partial charge in [0.05, 0.1) is 22.6 Å². The number of H-pyrrole nitrogens is 1. The van der Waals surface area contributed by atoms with Crippen LogP contribution in [0.1, 0.15) is 5.69 Å². The highest BCUT2D eigenvalue weighted by Gasteiger charge is 2.17. The number of carbonyl (C=O) groups excluding carboxylic acids is 1. The van der Waals surface area contributed by atoms with Crippen LogP contribution in [0.4, 0.5) is 14.5 Å². The third kappa shape index (κ3) is 3.97. The van der Waals surface area contributed by atoms with Crippen LogP contribution in [0.3, 0.4) is 0 Å². The van der Waals surface area contributed by atoms with Crippen LogP contribution in [0.5, 0.6) is 0 Å². The van der Waals surface area contributed by atoms with Gasteiger partial charge in [-0.15, -0.1) is 0 Å². The number of hydrogen-bond acceptors (Lipinski definition) is 4. The number of para-hydroxylation sites is 1. The smallest absolute Gasteiger partial charge is 0.283 e. The van der Waals surface area contributed by atoms with Crippen LogP contribution < -0.4 is 10.9 Å². The van der Waals surface area contributed by atoms with E-state index in [2.05, 4.69) is 15.3 Å². The Morgan fingerprint density at radius 3 is 2.67 bits per heavy atom. The summed E-state index contributed by atoms with van der Waals surface area (Å²) in [5.74, 6) is -2.22. The lowest BCUT2D eigenvalue weighted by Gasteiger charge is -2.12. The second-order valence-electron chi connectivity index (χ2n) is 6.54. The van der Waals surface area contributed by atoms with Gasteiger partial charge in [0.2, 0.25) is 5.91 Å². The van der Waals surface area contributed by atoms with Crippen molar-refractivity contribution in [3.05, 3.63) is 82.3 Å². The van der Waals surface area contributed by atoms with Gasteiger partial charge in [-0.2, -0.15) is 0 Å². The van der Waals surface area contributed by atoms with E-state index < -0.39 is 17.5 Å². The number of benzene rings is 2. The maximum Gasteiger partial charge on any atom is 0.283 e. The van der Waals surface area contributed by atoms with Crippen LogP contribution in [-0.2, 0) is 4.79 Å². The van der Waals surface area contributed by atoms with Crippen LogP contribution in [0.25, 0.3) is 16.7 Å². The van der Waals surface area contributed by atoms with Gasteiger partial charge >= 0.3 is 0 Å². The number of fused-ring (bicyclic) bond motifs is 1. The van der Waals surface area contributed by atoms with Crippen molar-refractivity contribution >= 4 is 34.4 Å². The number of carbonyl (C=O) groups is 1. The number of aromatic amines is 1. The summed E-state index contributed by atoms with van der Waals surface area (Å²) in [6, 6.07) is 13.6. The highest BCUT2D eigenvalue weighted by Crippen LogP contribution is 2.22. The molecule has 4 rings (SSSR count). The van der Waals surface area contributed by atoms with Crippen molar-refractivity contribution in [1.29, 1.82) is 0 Å². The van der Waals surface area contributed by atoms with Crippen LogP contribution >= 0.6 is 11.8 Å². The molecule has 152 valence electrons. The van der Waals surface area contributed by atoms with E-state index in [1.54, 1.807) is 30.3 Å². The zero-order valence-corrected chi connectivity index (χ0v) is 16.6. The number of aromatic nitrogens is 3. The molecule has 0 saturated heterocycles. The first-order chi connectivity index (χ1) is 14.4. The lowest BCUT2D eigenvalue weighted by Crippen LogP contribution is -2.23. The molecular formula is C21H16F2N4O2S. The minimum absolute atomic E-state index is 0.118. The molecule has 4 aromatic rings. The lowest BCUT2D eigenvalue weighted by atomic mass is 10.3. The first-order valence-corrected chi connectivity index (χ1v) is 9.96. The van der Waals surface area contributed by atoms with Gasteiger partial charge in [-0.05, 0) is 37.3 Å². The molecule has 0 aliphatic rings. The number of aryl methyl sites for hydroxylation is 1. The summed E-state index contributed by atoms with van der Waals surface area (Å²) in [4.78, 5) is 32.9. The monoisotopic (exact) mass is 426 g/mol. The number of rotatable bonds is 5. The summed E-state index contributed by atoms with van der Waals surface area (Å²) in [7, 11) is 0. The molecule has 0 atom stereocenters. The first kappa shape index (κ1) is 19.8. The fourth-order valence-corrected chi connectivity index (χ4v) is 3.80. The molecule has 0 unspecified atom stereocenters. The van der Waals surface area contributed by atoms with Gasteiger partial charge in [-0.25, -0.2) is 13.8 Å². The molecule has 1 amide bonds. The molecule has 0 aliphatic heterocycles. The number of nitrogens with zero attached hydrogens (tertiary/aromatic N) is 2. The van der Waals surface area contributed by atoms with E-state index in [1.165, 1.54) is 4.57 Å². The van der Waals surface area contributed by atoms with Crippen molar-refractivity contribution in [3.63, 3.8) is 0 Å². The predicted molar refractivity (Wildman–Crippen MR) is 112 cm³/mol. The van der Waals surface area contributed by atoms with Crippen molar-refractivity contribution < 1.29 is 13.6 Å². The zero-order chi connectivity index (χ0) is 21.3. The van der Waals surface area contributed by atoms with Gasteiger partial charge in [-0.1, -0.05) is 30.0 Å². The number of nitrogens with one attached hydrogen (secondary N) is 2. The van der Waals surface area contributed by atoms with Gasteiger partial charge in [0, 0.05) is 11.8 Å². The summed E-state index contributed by atoms with van der Waals surface area (Å²) < 4.78 is 28.2. The van der Waals surface area contributed by atoms with Gasteiger partial charge in [0.1, 0.15) is 17.2 Å². The molecular weight excluding hydrogens is 410 g/mol. The topological polar surface area (TPSA) is 79.8 Å². The third-order valence-electron chi connectivity index (χ3n) is 4.31. The standard InChI is InChI=1S/C21H16F2N4O2S/c1-12-9-17-19(24-12)20(29)27(14-5-3-2-4-6-14)21(26-17)30-11-18(28)25-16-8-7-13(22)10-15(16)23/h2-10,24H,11H2,1H3,(H,25,28). The Hall–Kier alpha value is -3.46. The molecule has 0 saturated carbocycles. The van der Waals surface area contributed by atoms with Gasteiger partial charge in [-0.3, -0.25) is 14.2 Å². The Bertz CT molecular complexity index is 1300. The molecule has 2 N–H and O–H groups in total. The molecule has 0 spiro atoms. The largest absolute Gasteiger partial charge is 0.353 e. The van der Waals surface area contributed by atoms with Gasteiger partial charge in [0.25, 0.3) is 5.56 Å². The summed E-state index contributed by atoms with van der Waals surface area (Å²) in [5, 5.41) is 2.73. The minimum atomic E-state index is -0.864. The van der Waals surface area contributed by atoms with E-state index in [0.29, 0.717) is 27.9 Å². The number of thioether (sulfide) groups is 1. The van der Waals surface area contributed by atoms with E-state index in [1.807, 2.05) is 13.0 Å². The highest BCUT2D eigenvalue weighted by molar-refractivity contribution is 7.99. The zero-order valence-electron chi connectivity index (χ0n) is 15.8. The molecule has 0 aliphatic carbocycles.